The second-order valence-electron chi connectivity index (χ2n) is 6.21. The highest BCUT2D eigenvalue weighted by Crippen LogP contribution is 2.15. The van der Waals surface area contributed by atoms with Gasteiger partial charge < -0.3 is 10.2 Å². The molecular formula is C17H28N2. The van der Waals surface area contributed by atoms with Crippen molar-refractivity contribution in [1.82, 2.24) is 10.2 Å². The molecule has 2 atom stereocenters. The Balaban J connectivity index is 1.75. The molecule has 0 saturated carbocycles. The molecule has 19 heavy (non-hydrogen) atoms. The summed E-state index contributed by atoms with van der Waals surface area (Å²) in [5.41, 5.74) is 2.89. The van der Waals surface area contributed by atoms with Crippen LogP contribution in [0.4, 0.5) is 0 Å². The summed E-state index contributed by atoms with van der Waals surface area (Å²) in [4.78, 5) is 2.46. The Hall–Kier alpha value is -0.860. The van der Waals surface area contributed by atoms with Crippen LogP contribution in [0.25, 0.3) is 0 Å². The molecule has 0 bridgehead atoms. The topological polar surface area (TPSA) is 15.3 Å². The standard InChI is InChI=1S/C17H28N2/c1-14-7-4-5-9-17(14)11-15(2)18-12-16-8-6-10-19(3)13-16/h4-5,7,9,15-16,18H,6,8,10-13H2,1-3H3. The van der Waals surface area contributed by atoms with Gasteiger partial charge in [0, 0.05) is 12.6 Å². The molecule has 2 rings (SSSR count). The van der Waals surface area contributed by atoms with E-state index in [2.05, 4.69) is 55.4 Å². The fraction of sp³-hybridized carbons (Fsp3) is 0.647. The number of nitrogens with zero attached hydrogens (tertiary/aromatic N) is 1. The van der Waals surface area contributed by atoms with E-state index in [9.17, 15) is 0 Å². The van der Waals surface area contributed by atoms with Gasteiger partial charge >= 0.3 is 0 Å². The molecule has 1 aromatic carbocycles. The maximum Gasteiger partial charge on any atom is 0.00793 e. The van der Waals surface area contributed by atoms with Crippen LogP contribution in [0.5, 0.6) is 0 Å². The third-order valence-electron chi connectivity index (χ3n) is 4.26. The Bertz CT molecular complexity index is 389. The summed E-state index contributed by atoms with van der Waals surface area (Å²) in [6.07, 6.45) is 3.87. The van der Waals surface area contributed by atoms with Gasteiger partial charge in [0.1, 0.15) is 0 Å². The minimum atomic E-state index is 0.563. The van der Waals surface area contributed by atoms with Crippen LogP contribution < -0.4 is 5.32 Å². The Morgan fingerprint density at radius 3 is 2.89 bits per heavy atom. The second kappa shape index (κ2) is 7.06. The monoisotopic (exact) mass is 260 g/mol. The average Bonchev–Trinajstić information content (AvgIpc) is 2.39. The lowest BCUT2D eigenvalue weighted by Gasteiger charge is -2.30. The van der Waals surface area contributed by atoms with E-state index in [1.165, 1.54) is 37.1 Å². The summed E-state index contributed by atoms with van der Waals surface area (Å²) in [5, 5.41) is 3.72. The SMILES string of the molecule is Cc1ccccc1CC(C)NCC1CCCN(C)C1. The first kappa shape index (κ1) is 14.5. The van der Waals surface area contributed by atoms with E-state index in [4.69, 9.17) is 0 Å². The molecule has 0 aliphatic carbocycles. The molecule has 2 heteroatoms. The highest BCUT2D eigenvalue weighted by atomic mass is 15.1. The molecule has 1 aromatic rings. The number of aryl methyl sites for hydroxylation is 1. The Morgan fingerprint density at radius 2 is 2.16 bits per heavy atom. The molecular weight excluding hydrogens is 232 g/mol. The smallest absolute Gasteiger partial charge is 0.00793 e. The molecule has 1 N–H and O–H groups in total. The highest BCUT2D eigenvalue weighted by Gasteiger charge is 2.17. The van der Waals surface area contributed by atoms with E-state index in [-0.39, 0.29) is 0 Å². The van der Waals surface area contributed by atoms with Gasteiger partial charge in [-0.05, 0) is 70.3 Å². The number of likely N-dealkylation sites (tertiary alicyclic amines) is 1. The van der Waals surface area contributed by atoms with Gasteiger partial charge in [0.25, 0.3) is 0 Å². The van der Waals surface area contributed by atoms with Gasteiger partial charge in [0.15, 0.2) is 0 Å². The van der Waals surface area contributed by atoms with Gasteiger partial charge in [0.2, 0.25) is 0 Å². The maximum atomic E-state index is 3.72. The summed E-state index contributed by atoms with van der Waals surface area (Å²) < 4.78 is 0. The van der Waals surface area contributed by atoms with E-state index < -0.39 is 0 Å². The molecule has 1 saturated heterocycles. The number of hydrogen-bond donors (Lipinski definition) is 1. The summed E-state index contributed by atoms with van der Waals surface area (Å²) in [6, 6.07) is 9.29. The van der Waals surface area contributed by atoms with Crippen molar-refractivity contribution < 1.29 is 0 Å². The lowest BCUT2D eigenvalue weighted by Crippen LogP contribution is -2.40. The molecule has 1 fully saturated rings. The minimum absolute atomic E-state index is 0.563. The van der Waals surface area contributed by atoms with E-state index in [0.717, 1.165) is 18.9 Å². The van der Waals surface area contributed by atoms with E-state index >= 15 is 0 Å². The van der Waals surface area contributed by atoms with Crippen LogP contribution in [-0.2, 0) is 6.42 Å². The molecule has 106 valence electrons. The van der Waals surface area contributed by atoms with Gasteiger partial charge in [-0.15, -0.1) is 0 Å². The van der Waals surface area contributed by atoms with Crippen molar-refractivity contribution in [3.05, 3.63) is 35.4 Å². The Labute approximate surface area is 118 Å². The van der Waals surface area contributed by atoms with E-state index in [1.807, 2.05) is 0 Å². The molecule has 1 heterocycles. The lowest BCUT2D eigenvalue weighted by molar-refractivity contribution is 0.203. The van der Waals surface area contributed by atoms with Gasteiger partial charge in [0.05, 0.1) is 0 Å². The first-order chi connectivity index (χ1) is 9.15. The van der Waals surface area contributed by atoms with Crippen LogP contribution in [0, 0.1) is 12.8 Å². The third kappa shape index (κ3) is 4.63. The first-order valence-electron chi connectivity index (χ1n) is 7.61. The maximum absolute atomic E-state index is 3.72. The van der Waals surface area contributed by atoms with Crippen molar-refractivity contribution in [1.29, 1.82) is 0 Å². The van der Waals surface area contributed by atoms with Gasteiger partial charge in [-0.1, -0.05) is 24.3 Å². The summed E-state index contributed by atoms with van der Waals surface area (Å²) in [6.45, 7) is 8.20. The largest absolute Gasteiger partial charge is 0.314 e. The normalized spacial score (nSPS) is 22.4. The van der Waals surface area contributed by atoms with Gasteiger partial charge in [-0.25, -0.2) is 0 Å². The molecule has 2 nitrogen and oxygen atoms in total. The van der Waals surface area contributed by atoms with Crippen LogP contribution in [0.15, 0.2) is 24.3 Å². The van der Waals surface area contributed by atoms with Crippen molar-refractivity contribution in [2.24, 2.45) is 5.92 Å². The average molecular weight is 260 g/mol. The molecule has 1 aliphatic rings. The zero-order chi connectivity index (χ0) is 13.7. The summed E-state index contributed by atoms with van der Waals surface area (Å²) >= 11 is 0. The summed E-state index contributed by atoms with van der Waals surface area (Å²) in [5.74, 6) is 0.832. The van der Waals surface area contributed by atoms with Crippen LogP contribution in [0.1, 0.15) is 30.9 Å². The summed E-state index contributed by atoms with van der Waals surface area (Å²) in [7, 11) is 2.24. The van der Waals surface area contributed by atoms with Crippen LogP contribution in [0.2, 0.25) is 0 Å². The third-order valence-corrected chi connectivity index (χ3v) is 4.26. The van der Waals surface area contributed by atoms with Gasteiger partial charge in [-0.2, -0.15) is 0 Å². The van der Waals surface area contributed by atoms with Gasteiger partial charge in [-0.3, -0.25) is 0 Å². The van der Waals surface area contributed by atoms with Crippen molar-refractivity contribution in [2.45, 2.75) is 39.2 Å². The van der Waals surface area contributed by atoms with Crippen molar-refractivity contribution in [2.75, 3.05) is 26.7 Å². The molecule has 2 unspecified atom stereocenters. The predicted molar refractivity (Wildman–Crippen MR) is 82.6 cm³/mol. The lowest BCUT2D eigenvalue weighted by atomic mass is 9.97. The molecule has 1 aliphatic heterocycles. The zero-order valence-electron chi connectivity index (χ0n) is 12.7. The van der Waals surface area contributed by atoms with E-state index in [1.54, 1.807) is 0 Å². The number of rotatable bonds is 5. The number of benzene rings is 1. The Kier molecular flexibility index (Phi) is 5.41. The first-order valence-corrected chi connectivity index (χ1v) is 7.61. The zero-order valence-corrected chi connectivity index (χ0v) is 12.7. The fourth-order valence-electron chi connectivity index (χ4n) is 3.05. The molecule has 0 spiro atoms. The molecule has 0 radical (unpaired) electrons. The second-order valence-corrected chi connectivity index (χ2v) is 6.21. The number of hydrogen-bond acceptors (Lipinski definition) is 2. The van der Waals surface area contributed by atoms with Crippen molar-refractivity contribution in [3.63, 3.8) is 0 Å². The molecule has 0 aromatic heterocycles. The van der Waals surface area contributed by atoms with Crippen LogP contribution >= 0.6 is 0 Å². The Morgan fingerprint density at radius 1 is 1.37 bits per heavy atom. The minimum Gasteiger partial charge on any atom is -0.314 e. The molecule has 0 amide bonds. The van der Waals surface area contributed by atoms with Crippen LogP contribution in [-0.4, -0.2) is 37.6 Å². The quantitative estimate of drug-likeness (QED) is 0.876. The van der Waals surface area contributed by atoms with Crippen molar-refractivity contribution in [3.8, 4) is 0 Å². The van der Waals surface area contributed by atoms with Crippen LogP contribution in [0.3, 0.4) is 0 Å². The number of nitrogens with one attached hydrogen (secondary N) is 1. The fourth-order valence-corrected chi connectivity index (χ4v) is 3.05. The van der Waals surface area contributed by atoms with Crippen molar-refractivity contribution >= 4 is 0 Å². The predicted octanol–water partition coefficient (Wildman–Crippen LogP) is 2.86. The van der Waals surface area contributed by atoms with E-state index in [0.29, 0.717) is 6.04 Å². The number of piperidine rings is 1. The highest BCUT2D eigenvalue weighted by molar-refractivity contribution is 5.26.